The Kier molecular flexibility index (Phi) is 6.47. The van der Waals surface area contributed by atoms with E-state index in [0.29, 0.717) is 22.8 Å². The van der Waals surface area contributed by atoms with Crippen LogP contribution < -0.4 is 10.1 Å². The summed E-state index contributed by atoms with van der Waals surface area (Å²) in [7, 11) is 1.64. The van der Waals surface area contributed by atoms with Gasteiger partial charge >= 0.3 is 0 Å². The Bertz CT molecular complexity index is 979. The molecule has 0 saturated heterocycles. The van der Waals surface area contributed by atoms with Gasteiger partial charge in [-0.05, 0) is 30.3 Å². The summed E-state index contributed by atoms with van der Waals surface area (Å²) in [5.41, 5.74) is 3.12. The molecule has 1 heterocycles. The van der Waals surface area contributed by atoms with Gasteiger partial charge in [0.15, 0.2) is 0 Å². The number of thioether (sulfide) groups is 1. The van der Waals surface area contributed by atoms with Gasteiger partial charge in [-0.15, -0.1) is 23.1 Å². The number of nitrogens with one attached hydrogen (secondary N) is 1. The lowest BCUT2D eigenvalue weighted by Crippen LogP contribution is -2.14. The number of anilines is 1. The highest BCUT2D eigenvalue weighted by atomic mass is 32.2. The van der Waals surface area contributed by atoms with Gasteiger partial charge in [-0.3, -0.25) is 4.79 Å². The predicted molar refractivity (Wildman–Crippen MR) is 110 cm³/mol. The summed E-state index contributed by atoms with van der Waals surface area (Å²) >= 11 is 3.08. The average Bonchev–Trinajstić information content (AvgIpc) is 3.17. The molecular weight excluding hydrogens is 378 g/mol. The lowest BCUT2D eigenvalue weighted by atomic mass is 10.2. The molecule has 3 rings (SSSR count). The quantitative estimate of drug-likeness (QED) is 0.635. The van der Waals surface area contributed by atoms with Crippen molar-refractivity contribution in [3.63, 3.8) is 0 Å². The number of rotatable bonds is 7. The third-order valence-corrected chi connectivity index (χ3v) is 5.53. The van der Waals surface area contributed by atoms with Gasteiger partial charge in [-0.1, -0.05) is 18.2 Å². The van der Waals surface area contributed by atoms with Crippen molar-refractivity contribution in [3.8, 4) is 22.4 Å². The molecule has 27 heavy (non-hydrogen) atoms. The first-order chi connectivity index (χ1) is 13.2. The van der Waals surface area contributed by atoms with Crippen LogP contribution in [0.5, 0.6) is 5.75 Å². The Labute approximate surface area is 166 Å². The summed E-state index contributed by atoms with van der Waals surface area (Å²) in [6, 6.07) is 16.7. The van der Waals surface area contributed by atoms with Crippen LogP contribution in [0.3, 0.4) is 0 Å². The topological polar surface area (TPSA) is 75.0 Å². The van der Waals surface area contributed by atoms with E-state index in [2.05, 4.69) is 16.4 Å². The molecule has 0 spiro atoms. The number of hydrogen-bond acceptors (Lipinski definition) is 6. The van der Waals surface area contributed by atoms with Crippen molar-refractivity contribution in [2.45, 2.75) is 5.75 Å². The van der Waals surface area contributed by atoms with E-state index in [9.17, 15) is 4.79 Å². The number of hydrogen-bond donors (Lipinski definition) is 1. The highest BCUT2D eigenvalue weighted by Gasteiger charge is 2.08. The van der Waals surface area contributed by atoms with Crippen LogP contribution in [0.4, 0.5) is 5.69 Å². The number of carbonyl (C=O) groups excluding carboxylic acids is 1. The second-order valence-corrected chi connectivity index (χ2v) is 7.45. The zero-order valence-electron chi connectivity index (χ0n) is 14.6. The Morgan fingerprint density at radius 3 is 2.96 bits per heavy atom. The fraction of sp³-hybridized carbons (Fsp3) is 0.150. The zero-order valence-corrected chi connectivity index (χ0v) is 16.3. The number of nitrogens with zero attached hydrogens (tertiary/aromatic N) is 2. The van der Waals surface area contributed by atoms with E-state index in [1.165, 1.54) is 11.8 Å². The van der Waals surface area contributed by atoms with Crippen molar-refractivity contribution in [2.75, 3.05) is 18.2 Å². The lowest BCUT2D eigenvalue weighted by molar-refractivity contribution is -0.113. The van der Waals surface area contributed by atoms with Crippen molar-refractivity contribution >= 4 is 34.7 Å². The molecule has 0 aliphatic rings. The largest absolute Gasteiger partial charge is 0.497 e. The van der Waals surface area contributed by atoms with E-state index in [1.54, 1.807) is 42.7 Å². The normalized spacial score (nSPS) is 10.2. The van der Waals surface area contributed by atoms with Crippen LogP contribution in [0.1, 0.15) is 11.3 Å². The van der Waals surface area contributed by atoms with Gasteiger partial charge in [0.05, 0.1) is 30.2 Å². The van der Waals surface area contributed by atoms with Gasteiger partial charge < -0.3 is 10.1 Å². The number of methoxy groups -OCH3 is 1. The molecule has 0 bridgehead atoms. The predicted octanol–water partition coefficient (Wildman–Crippen LogP) is 4.56. The smallest absolute Gasteiger partial charge is 0.234 e. The Morgan fingerprint density at radius 2 is 2.15 bits per heavy atom. The number of aromatic nitrogens is 1. The Morgan fingerprint density at radius 1 is 1.30 bits per heavy atom. The van der Waals surface area contributed by atoms with E-state index >= 15 is 0 Å². The Hall–Kier alpha value is -2.82. The van der Waals surface area contributed by atoms with Gasteiger partial charge in [0.2, 0.25) is 5.91 Å². The van der Waals surface area contributed by atoms with Gasteiger partial charge in [0.25, 0.3) is 0 Å². The maximum absolute atomic E-state index is 12.1. The summed E-state index contributed by atoms with van der Waals surface area (Å²) in [6.45, 7) is 0. The van der Waals surface area contributed by atoms with Crippen LogP contribution >= 0.6 is 23.1 Å². The zero-order chi connectivity index (χ0) is 19.1. The first kappa shape index (κ1) is 19.0. The fourth-order valence-electron chi connectivity index (χ4n) is 2.37. The number of nitriles is 1. The molecule has 2 aromatic carbocycles. The van der Waals surface area contributed by atoms with Crippen LogP contribution in [0, 0.1) is 11.3 Å². The monoisotopic (exact) mass is 395 g/mol. The summed E-state index contributed by atoms with van der Waals surface area (Å²) < 4.78 is 5.25. The molecule has 5 nitrogen and oxygen atoms in total. The molecule has 0 aliphatic carbocycles. The second kappa shape index (κ2) is 9.21. The summed E-state index contributed by atoms with van der Waals surface area (Å²) in [6.07, 6.45) is 0. The number of carbonyl (C=O) groups is 1. The van der Waals surface area contributed by atoms with Gasteiger partial charge in [0.1, 0.15) is 10.8 Å². The van der Waals surface area contributed by atoms with Gasteiger partial charge in [-0.25, -0.2) is 4.98 Å². The minimum Gasteiger partial charge on any atom is -0.497 e. The fourth-order valence-corrected chi connectivity index (χ4v) is 4.01. The summed E-state index contributed by atoms with van der Waals surface area (Å²) in [5, 5.41) is 14.6. The van der Waals surface area contributed by atoms with Crippen molar-refractivity contribution < 1.29 is 9.53 Å². The van der Waals surface area contributed by atoms with Crippen molar-refractivity contribution in [1.29, 1.82) is 5.26 Å². The molecule has 136 valence electrons. The van der Waals surface area contributed by atoms with Crippen molar-refractivity contribution in [3.05, 3.63) is 65.2 Å². The molecular formula is C20H17N3O2S2. The second-order valence-electron chi connectivity index (χ2n) is 5.61. The third-order valence-electron chi connectivity index (χ3n) is 3.63. The van der Waals surface area contributed by atoms with Gasteiger partial charge in [-0.2, -0.15) is 5.26 Å². The van der Waals surface area contributed by atoms with Gasteiger partial charge in [0, 0.05) is 22.4 Å². The third kappa shape index (κ3) is 5.33. The molecule has 0 saturated carbocycles. The summed E-state index contributed by atoms with van der Waals surface area (Å²) in [5.74, 6) is 1.68. The first-order valence-corrected chi connectivity index (χ1v) is 10.2. The van der Waals surface area contributed by atoms with E-state index in [1.807, 2.05) is 29.6 Å². The average molecular weight is 396 g/mol. The Balaban J connectivity index is 1.51. The number of amides is 1. The molecule has 7 heteroatoms. The van der Waals surface area contributed by atoms with Crippen LogP contribution in [0.2, 0.25) is 0 Å². The van der Waals surface area contributed by atoms with Crippen molar-refractivity contribution in [2.24, 2.45) is 0 Å². The van der Waals surface area contributed by atoms with E-state index in [0.717, 1.165) is 22.0 Å². The van der Waals surface area contributed by atoms with Crippen LogP contribution in [-0.4, -0.2) is 23.8 Å². The molecule has 0 aliphatic heterocycles. The molecule has 0 unspecified atom stereocenters. The minimum absolute atomic E-state index is 0.0988. The standard InChI is InChI=1S/C20H17N3O2S2/c1-25-18-7-3-5-15(9-18)20-23-17(12-27-20)11-26-13-19(24)22-16-6-2-4-14(8-16)10-21/h2-9,12H,11,13H2,1H3,(H,22,24). The van der Waals surface area contributed by atoms with Crippen molar-refractivity contribution in [1.82, 2.24) is 4.98 Å². The van der Waals surface area contributed by atoms with Crippen LogP contribution in [0.15, 0.2) is 53.9 Å². The molecule has 3 aromatic rings. The molecule has 0 radical (unpaired) electrons. The first-order valence-electron chi connectivity index (χ1n) is 8.14. The molecule has 1 amide bonds. The highest BCUT2D eigenvalue weighted by Crippen LogP contribution is 2.28. The highest BCUT2D eigenvalue weighted by molar-refractivity contribution is 7.99. The molecule has 0 fully saturated rings. The van der Waals surface area contributed by atoms with E-state index < -0.39 is 0 Å². The SMILES string of the molecule is COc1cccc(-c2nc(CSCC(=O)Nc3cccc(C#N)c3)cs2)c1. The lowest BCUT2D eigenvalue weighted by Gasteiger charge is -2.05. The van der Waals surface area contributed by atoms with E-state index in [4.69, 9.17) is 10.00 Å². The number of thiazole rings is 1. The summed E-state index contributed by atoms with van der Waals surface area (Å²) in [4.78, 5) is 16.7. The minimum atomic E-state index is -0.0988. The number of benzene rings is 2. The molecule has 1 aromatic heterocycles. The maximum Gasteiger partial charge on any atom is 0.234 e. The van der Waals surface area contributed by atoms with Crippen LogP contribution in [-0.2, 0) is 10.5 Å². The molecule has 0 atom stereocenters. The maximum atomic E-state index is 12.1. The molecule has 1 N–H and O–H groups in total. The van der Waals surface area contributed by atoms with Crippen LogP contribution in [0.25, 0.3) is 10.6 Å². The van der Waals surface area contributed by atoms with E-state index in [-0.39, 0.29) is 5.91 Å². The number of ether oxygens (including phenoxy) is 1.